The molecule has 3 aromatic rings. The minimum atomic E-state index is -0.556. The van der Waals surface area contributed by atoms with Crippen molar-refractivity contribution in [3.05, 3.63) is 51.5 Å². The van der Waals surface area contributed by atoms with Crippen LogP contribution in [0.4, 0.5) is 4.79 Å². The summed E-state index contributed by atoms with van der Waals surface area (Å²) >= 11 is 7.64. The van der Waals surface area contributed by atoms with E-state index in [4.69, 9.17) is 16.3 Å². The molecule has 140 valence electrons. The number of carbonyl (C=O) groups excluding carboxylic acids is 1. The number of nitrogens with zero attached hydrogens (tertiary/aromatic N) is 3. The quantitative estimate of drug-likeness (QED) is 0.668. The van der Waals surface area contributed by atoms with Gasteiger partial charge in [0, 0.05) is 7.05 Å². The zero-order valence-corrected chi connectivity index (χ0v) is 16.3. The number of aromatic amines is 1. The first-order valence-corrected chi connectivity index (χ1v) is 9.67. The Labute approximate surface area is 164 Å². The minimum absolute atomic E-state index is 0.261. The van der Waals surface area contributed by atoms with Crippen molar-refractivity contribution in [3.8, 4) is 5.75 Å². The van der Waals surface area contributed by atoms with Crippen LogP contribution >= 0.6 is 22.9 Å². The fraction of sp³-hybridized carbons (Fsp3) is 0.333. The Morgan fingerprint density at radius 2 is 2.04 bits per heavy atom. The average molecular weight is 405 g/mol. The van der Waals surface area contributed by atoms with Gasteiger partial charge in [-0.3, -0.25) is 4.79 Å². The number of benzene rings is 1. The van der Waals surface area contributed by atoms with Crippen molar-refractivity contribution in [2.24, 2.45) is 0 Å². The standard InChI is InChI=1S/C18H17ClN4O3S/c1-10(23(2)17(25)26-11-6-4-3-5-7-11)14-20-12-13(24)21-16(18(19)8-9-18)22-15(12)27-14/h3-7,10H,8-9H2,1-2H3,(H,21,22,24)/t10-/m1/s1. The third-order valence-electron chi connectivity index (χ3n) is 4.57. The van der Waals surface area contributed by atoms with Gasteiger partial charge in [-0.1, -0.05) is 29.5 Å². The van der Waals surface area contributed by atoms with Crippen molar-refractivity contribution in [2.75, 3.05) is 7.05 Å². The number of aromatic nitrogens is 3. The van der Waals surface area contributed by atoms with Crippen molar-refractivity contribution in [2.45, 2.75) is 30.7 Å². The Hall–Kier alpha value is -2.45. The Morgan fingerprint density at radius 3 is 2.70 bits per heavy atom. The number of para-hydroxylation sites is 1. The molecule has 0 saturated heterocycles. The van der Waals surface area contributed by atoms with E-state index in [-0.39, 0.29) is 17.1 Å². The van der Waals surface area contributed by atoms with Crippen molar-refractivity contribution >= 4 is 39.4 Å². The molecule has 2 heterocycles. The van der Waals surface area contributed by atoms with E-state index in [0.29, 0.717) is 21.4 Å². The maximum absolute atomic E-state index is 12.4. The molecule has 1 saturated carbocycles. The van der Waals surface area contributed by atoms with Crippen molar-refractivity contribution in [1.82, 2.24) is 19.9 Å². The summed E-state index contributed by atoms with van der Waals surface area (Å²) in [7, 11) is 1.63. The number of amides is 1. The normalized spacial score (nSPS) is 16.1. The summed E-state index contributed by atoms with van der Waals surface area (Å²) in [4.78, 5) is 37.7. The molecule has 0 aliphatic heterocycles. The maximum Gasteiger partial charge on any atom is 0.415 e. The number of fused-ring (bicyclic) bond motifs is 1. The lowest BCUT2D eigenvalue weighted by atomic mass is 10.3. The minimum Gasteiger partial charge on any atom is -0.410 e. The van der Waals surface area contributed by atoms with E-state index in [2.05, 4.69) is 15.0 Å². The SMILES string of the molecule is C[C@H](c1nc2c(=O)[nH]c(C3(Cl)CC3)nc2s1)N(C)C(=O)Oc1ccccc1. The third-order valence-corrected chi connectivity index (χ3v) is 6.25. The van der Waals surface area contributed by atoms with Crippen LogP contribution in [0.5, 0.6) is 5.75 Å². The van der Waals surface area contributed by atoms with E-state index >= 15 is 0 Å². The van der Waals surface area contributed by atoms with Gasteiger partial charge in [0.15, 0.2) is 10.3 Å². The molecule has 1 atom stereocenters. The molecule has 0 unspecified atom stereocenters. The van der Waals surface area contributed by atoms with Gasteiger partial charge in [-0.15, -0.1) is 11.6 Å². The second kappa shape index (κ2) is 6.61. The number of H-pyrrole nitrogens is 1. The number of thiazole rings is 1. The number of hydrogen-bond donors (Lipinski definition) is 1. The van der Waals surface area contributed by atoms with Gasteiger partial charge in [0.1, 0.15) is 21.5 Å². The molecular formula is C18H17ClN4O3S. The predicted molar refractivity (Wildman–Crippen MR) is 103 cm³/mol. The van der Waals surface area contributed by atoms with Crippen LogP contribution in [-0.2, 0) is 4.87 Å². The van der Waals surface area contributed by atoms with E-state index in [0.717, 1.165) is 12.8 Å². The zero-order chi connectivity index (χ0) is 19.2. The van der Waals surface area contributed by atoms with E-state index in [1.165, 1.54) is 16.2 Å². The van der Waals surface area contributed by atoms with Gasteiger partial charge in [-0.25, -0.2) is 14.8 Å². The van der Waals surface area contributed by atoms with Crippen LogP contribution in [-0.4, -0.2) is 33.0 Å². The first-order chi connectivity index (χ1) is 12.9. The molecule has 1 amide bonds. The molecule has 1 fully saturated rings. The number of hydrogen-bond acceptors (Lipinski definition) is 6. The highest BCUT2D eigenvalue weighted by Gasteiger charge is 2.45. The summed E-state index contributed by atoms with van der Waals surface area (Å²) in [5.41, 5.74) is -0.0533. The Balaban J connectivity index is 1.58. The van der Waals surface area contributed by atoms with Crippen LogP contribution in [0.3, 0.4) is 0 Å². The molecule has 7 nitrogen and oxygen atoms in total. The first kappa shape index (κ1) is 17.9. The molecule has 1 N–H and O–H groups in total. The van der Waals surface area contributed by atoms with E-state index in [1.54, 1.807) is 31.3 Å². The zero-order valence-electron chi connectivity index (χ0n) is 14.7. The summed E-state index contributed by atoms with van der Waals surface area (Å²) in [6.07, 6.45) is 1.08. The Bertz CT molecular complexity index is 1060. The molecule has 1 aliphatic rings. The number of rotatable bonds is 4. The molecule has 0 bridgehead atoms. The van der Waals surface area contributed by atoms with Crippen molar-refractivity contribution in [1.29, 1.82) is 0 Å². The summed E-state index contributed by atoms with van der Waals surface area (Å²) in [5, 5.41) is 0.604. The highest BCUT2D eigenvalue weighted by Crippen LogP contribution is 2.50. The molecule has 1 aromatic carbocycles. The first-order valence-electron chi connectivity index (χ1n) is 8.47. The molecule has 1 aliphatic carbocycles. The molecule has 0 spiro atoms. The van der Waals surface area contributed by atoms with Crippen LogP contribution in [0.25, 0.3) is 10.3 Å². The predicted octanol–water partition coefficient (Wildman–Crippen LogP) is 3.80. The van der Waals surface area contributed by atoms with Gasteiger partial charge in [0.25, 0.3) is 5.56 Å². The average Bonchev–Trinajstić information content (AvgIpc) is 3.26. The largest absolute Gasteiger partial charge is 0.415 e. The molecule has 9 heteroatoms. The maximum atomic E-state index is 12.4. The summed E-state index contributed by atoms with van der Waals surface area (Å²) in [6.45, 7) is 1.82. The van der Waals surface area contributed by atoms with E-state index in [9.17, 15) is 9.59 Å². The van der Waals surface area contributed by atoms with Gasteiger partial charge >= 0.3 is 6.09 Å². The summed E-state index contributed by atoms with van der Waals surface area (Å²) in [5.74, 6) is 0.951. The lowest BCUT2D eigenvalue weighted by Crippen LogP contribution is -2.32. The molecular weight excluding hydrogens is 388 g/mol. The fourth-order valence-corrected chi connectivity index (χ4v) is 3.79. The monoisotopic (exact) mass is 404 g/mol. The van der Waals surface area contributed by atoms with Crippen LogP contribution in [0.15, 0.2) is 35.1 Å². The van der Waals surface area contributed by atoms with Crippen molar-refractivity contribution < 1.29 is 9.53 Å². The fourth-order valence-electron chi connectivity index (χ4n) is 2.57. The number of halogens is 1. The molecule has 2 aromatic heterocycles. The van der Waals surface area contributed by atoms with E-state index < -0.39 is 11.0 Å². The van der Waals surface area contributed by atoms with Gasteiger partial charge < -0.3 is 14.6 Å². The lowest BCUT2D eigenvalue weighted by molar-refractivity contribution is 0.149. The number of ether oxygens (including phenoxy) is 1. The van der Waals surface area contributed by atoms with Crippen LogP contribution in [0, 0.1) is 0 Å². The molecule has 4 rings (SSSR count). The lowest BCUT2D eigenvalue weighted by Gasteiger charge is -2.22. The van der Waals surface area contributed by atoms with Gasteiger partial charge in [-0.2, -0.15) is 0 Å². The third kappa shape index (κ3) is 3.42. The number of alkyl halides is 1. The second-order valence-electron chi connectivity index (χ2n) is 6.55. The summed E-state index contributed by atoms with van der Waals surface area (Å²) < 4.78 is 5.35. The van der Waals surface area contributed by atoms with Gasteiger partial charge in [0.05, 0.1) is 6.04 Å². The molecule has 0 radical (unpaired) electrons. The Kier molecular flexibility index (Phi) is 4.39. The van der Waals surface area contributed by atoms with Gasteiger partial charge in [-0.05, 0) is 31.9 Å². The van der Waals surface area contributed by atoms with Crippen LogP contribution in [0.1, 0.15) is 36.6 Å². The highest BCUT2D eigenvalue weighted by molar-refractivity contribution is 7.18. The smallest absolute Gasteiger partial charge is 0.410 e. The molecule has 27 heavy (non-hydrogen) atoms. The van der Waals surface area contributed by atoms with E-state index in [1.807, 2.05) is 13.0 Å². The Morgan fingerprint density at radius 1 is 1.33 bits per heavy atom. The van der Waals surface area contributed by atoms with Gasteiger partial charge in [0.2, 0.25) is 0 Å². The number of carbonyl (C=O) groups is 1. The second-order valence-corrected chi connectivity index (χ2v) is 8.29. The topological polar surface area (TPSA) is 88.2 Å². The van der Waals surface area contributed by atoms with Crippen molar-refractivity contribution in [3.63, 3.8) is 0 Å². The number of nitrogens with one attached hydrogen (secondary N) is 1. The van der Waals surface area contributed by atoms with Crippen LogP contribution < -0.4 is 10.3 Å². The summed E-state index contributed by atoms with van der Waals surface area (Å²) in [6, 6.07) is 8.46. The van der Waals surface area contributed by atoms with Crippen LogP contribution in [0.2, 0.25) is 0 Å². The highest BCUT2D eigenvalue weighted by atomic mass is 35.5.